The van der Waals surface area contributed by atoms with Gasteiger partial charge in [-0.05, 0) is 24.6 Å². The molecular formula is C14H17F3N2. The summed E-state index contributed by atoms with van der Waals surface area (Å²) in [5.74, 6) is 0. The van der Waals surface area contributed by atoms with E-state index in [-0.39, 0.29) is 0 Å². The number of hydrogen-bond acceptors (Lipinski definition) is 1. The van der Waals surface area contributed by atoms with E-state index in [4.69, 9.17) is 0 Å². The van der Waals surface area contributed by atoms with Gasteiger partial charge in [-0.2, -0.15) is 13.2 Å². The molecule has 2 aromatic rings. The second-order valence-electron chi connectivity index (χ2n) is 4.59. The topological polar surface area (TPSA) is 17.0 Å². The summed E-state index contributed by atoms with van der Waals surface area (Å²) in [6.07, 6.45) is -1.60. The van der Waals surface area contributed by atoms with Crippen molar-refractivity contribution in [2.45, 2.75) is 32.6 Å². The summed E-state index contributed by atoms with van der Waals surface area (Å²) in [6.45, 7) is 2.57. The van der Waals surface area contributed by atoms with Crippen molar-refractivity contribution in [3.63, 3.8) is 0 Å². The summed E-state index contributed by atoms with van der Waals surface area (Å²) in [5, 5.41) is 4.11. The van der Waals surface area contributed by atoms with E-state index < -0.39 is 12.7 Å². The molecule has 0 saturated heterocycles. The monoisotopic (exact) mass is 270 g/mol. The van der Waals surface area contributed by atoms with Gasteiger partial charge >= 0.3 is 6.18 Å². The number of alkyl halides is 3. The lowest BCUT2D eigenvalue weighted by atomic mass is 10.2. The zero-order valence-corrected chi connectivity index (χ0v) is 10.8. The first-order chi connectivity index (χ1) is 9.01. The molecule has 0 aliphatic rings. The second-order valence-corrected chi connectivity index (χ2v) is 4.59. The van der Waals surface area contributed by atoms with Gasteiger partial charge in [-0.15, -0.1) is 0 Å². The number of hydrogen-bond donors (Lipinski definition) is 1. The highest BCUT2D eigenvalue weighted by atomic mass is 19.4. The van der Waals surface area contributed by atoms with Crippen molar-refractivity contribution < 1.29 is 13.2 Å². The zero-order chi connectivity index (χ0) is 13.9. The summed E-state index contributed by atoms with van der Waals surface area (Å²) in [7, 11) is 0. The van der Waals surface area contributed by atoms with Gasteiger partial charge in [-0.25, -0.2) is 0 Å². The van der Waals surface area contributed by atoms with Crippen LogP contribution in [0.15, 0.2) is 30.5 Å². The van der Waals surface area contributed by atoms with Crippen molar-refractivity contribution in [2.75, 3.05) is 6.54 Å². The lowest BCUT2D eigenvalue weighted by Gasteiger charge is -2.08. The molecule has 0 radical (unpaired) electrons. The van der Waals surface area contributed by atoms with E-state index in [1.54, 1.807) is 18.3 Å². The summed E-state index contributed by atoms with van der Waals surface area (Å²) in [5.41, 5.74) is 1.54. The molecule has 0 fully saturated rings. The first kappa shape index (κ1) is 13.9. The Kier molecular flexibility index (Phi) is 4.14. The predicted octanol–water partition coefficient (Wildman–Crippen LogP) is 3.70. The summed E-state index contributed by atoms with van der Waals surface area (Å²) >= 11 is 0. The molecule has 0 atom stereocenters. The second kappa shape index (κ2) is 5.65. The Hall–Kier alpha value is -1.49. The van der Waals surface area contributed by atoms with Gasteiger partial charge < -0.3 is 9.88 Å². The maximum Gasteiger partial charge on any atom is 0.406 e. The molecule has 5 heteroatoms. The number of aromatic nitrogens is 1. The van der Waals surface area contributed by atoms with Gasteiger partial charge in [0.05, 0.1) is 0 Å². The van der Waals surface area contributed by atoms with Crippen molar-refractivity contribution >= 4 is 10.9 Å². The SMILES string of the molecule is CCCNCc1cn(CC(F)(F)F)c2ccccc12. The number of fused-ring (bicyclic) bond motifs is 1. The van der Waals surface area contributed by atoms with E-state index in [0.29, 0.717) is 12.1 Å². The molecule has 1 aromatic carbocycles. The Morgan fingerprint density at radius 1 is 1.21 bits per heavy atom. The molecule has 104 valence electrons. The molecule has 1 aromatic heterocycles. The Labute approximate surface area is 110 Å². The number of para-hydroxylation sites is 1. The van der Waals surface area contributed by atoms with Crippen molar-refractivity contribution in [1.82, 2.24) is 9.88 Å². The normalized spacial score (nSPS) is 12.2. The molecule has 0 saturated carbocycles. The van der Waals surface area contributed by atoms with Crippen LogP contribution in [-0.4, -0.2) is 17.3 Å². The minimum Gasteiger partial charge on any atom is -0.338 e. The molecule has 0 spiro atoms. The first-order valence-corrected chi connectivity index (χ1v) is 6.35. The van der Waals surface area contributed by atoms with Gasteiger partial charge in [0.2, 0.25) is 0 Å². The summed E-state index contributed by atoms with van der Waals surface area (Å²) in [4.78, 5) is 0. The van der Waals surface area contributed by atoms with Gasteiger partial charge in [0.1, 0.15) is 6.54 Å². The van der Waals surface area contributed by atoms with Crippen molar-refractivity contribution in [3.05, 3.63) is 36.0 Å². The Balaban J connectivity index is 2.31. The van der Waals surface area contributed by atoms with Crippen LogP contribution in [0, 0.1) is 0 Å². The van der Waals surface area contributed by atoms with Gasteiger partial charge in [0, 0.05) is 23.6 Å². The van der Waals surface area contributed by atoms with Crippen LogP contribution in [0.3, 0.4) is 0 Å². The highest BCUT2D eigenvalue weighted by Crippen LogP contribution is 2.25. The van der Waals surface area contributed by atoms with Gasteiger partial charge in [0.15, 0.2) is 0 Å². The number of halogens is 3. The third-order valence-corrected chi connectivity index (χ3v) is 2.96. The van der Waals surface area contributed by atoms with Crippen molar-refractivity contribution in [3.8, 4) is 0 Å². The van der Waals surface area contributed by atoms with Crippen LogP contribution in [0.1, 0.15) is 18.9 Å². The fourth-order valence-electron chi connectivity index (χ4n) is 2.19. The van der Waals surface area contributed by atoms with E-state index in [0.717, 1.165) is 23.9 Å². The van der Waals surface area contributed by atoms with E-state index in [9.17, 15) is 13.2 Å². The standard InChI is InChI=1S/C14H17F3N2/c1-2-7-18-8-11-9-19(10-14(15,16)17)13-6-4-3-5-12(11)13/h3-6,9,18H,2,7-8,10H2,1H3. The highest BCUT2D eigenvalue weighted by Gasteiger charge is 2.28. The van der Waals surface area contributed by atoms with E-state index in [1.807, 2.05) is 12.1 Å². The fourth-order valence-corrected chi connectivity index (χ4v) is 2.19. The molecule has 0 aliphatic heterocycles. The maximum atomic E-state index is 12.5. The third-order valence-electron chi connectivity index (χ3n) is 2.96. The smallest absolute Gasteiger partial charge is 0.338 e. The van der Waals surface area contributed by atoms with E-state index >= 15 is 0 Å². The molecule has 0 bridgehead atoms. The molecule has 2 nitrogen and oxygen atoms in total. The largest absolute Gasteiger partial charge is 0.406 e. The third kappa shape index (κ3) is 3.50. The van der Waals surface area contributed by atoms with Crippen LogP contribution in [0.25, 0.3) is 10.9 Å². The van der Waals surface area contributed by atoms with Crippen LogP contribution in [0.2, 0.25) is 0 Å². The highest BCUT2D eigenvalue weighted by molar-refractivity contribution is 5.83. The van der Waals surface area contributed by atoms with Crippen LogP contribution in [0.5, 0.6) is 0 Å². The minimum atomic E-state index is -4.20. The van der Waals surface area contributed by atoms with Crippen LogP contribution >= 0.6 is 0 Å². The first-order valence-electron chi connectivity index (χ1n) is 6.35. The van der Waals surface area contributed by atoms with Gasteiger partial charge in [-0.3, -0.25) is 0 Å². The van der Waals surface area contributed by atoms with Gasteiger partial charge in [-0.1, -0.05) is 25.1 Å². The number of benzene rings is 1. The predicted molar refractivity (Wildman–Crippen MR) is 70.0 cm³/mol. The summed E-state index contributed by atoms with van der Waals surface area (Å²) < 4.78 is 38.9. The van der Waals surface area contributed by atoms with Crippen molar-refractivity contribution in [2.24, 2.45) is 0 Å². The molecule has 0 unspecified atom stereocenters. The Morgan fingerprint density at radius 3 is 2.63 bits per heavy atom. The molecule has 0 amide bonds. The molecule has 1 N–H and O–H groups in total. The Morgan fingerprint density at radius 2 is 1.95 bits per heavy atom. The maximum absolute atomic E-state index is 12.5. The number of nitrogens with zero attached hydrogens (tertiary/aromatic N) is 1. The lowest BCUT2D eigenvalue weighted by Crippen LogP contribution is -2.17. The van der Waals surface area contributed by atoms with E-state index in [1.165, 1.54) is 4.57 Å². The molecule has 0 aliphatic carbocycles. The van der Waals surface area contributed by atoms with Crippen molar-refractivity contribution in [1.29, 1.82) is 0 Å². The minimum absolute atomic E-state index is 0.596. The molecule has 1 heterocycles. The quantitative estimate of drug-likeness (QED) is 0.820. The zero-order valence-electron chi connectivity index (χ0n) is 10.8. The lowest BCUT2D eigenvalue weighted by molar-refractivity contribution is -0.139. The Bertz CT molecular complexity index is 543. The number of nitrogens with one attached hydrogen (secondary N) is 1. The van der Waals surface area contributed by atoms with Gasteiger partial charge in [0.25, 0.3) is 0 Å². The number of rotatable bonds is 5. The van der Waals surface area contributed by atoms with E-state index in [2.05, 4.69) is 12.2 Å². The van der Waals surface area contributed by atoms with Crippen LogP contribution in [0.4, 0.5) is 13.2 Å². The fraction of sp³-hybridized carbons (Fsp3) is 0.429. The van der Waals surface area contributed by atoms with Crippen LogP contribution < -0.4 is 5.32 Å². The molecule has 19 heavy (non-hydrogen) atoms. The average Bonchev–Trinajstić information content (AvgIpc) is 2.67. The van der Waals surface area contributed by atoms with Crippen LogP contribution in [-0.2, 0) is 13.1 Å². The average molecular weight is 270 g/mol. The molecular weight excluding hydrogens is 253 g/mol. The summed E-state index contributed by atoms with van der Waals surface area (Å²) in [6, 6.07) is 7.21. The molecule has 2 rings (SSSR count).